The molecular formula is C15H25N3O. The minimum Gasteiger partial charge on any atom is -0.398 e. The molecule has 1 aliphatic carbocycles. The first-order chi connectivity index (χ1) is 9.26. The molecule has 1 aromatic rings. The van der Waals surface area contributed by atoms with Crippen molar-refractivity contribution in [2.45, 2.75) is 45.3 Å². The SMILES string of the molecule is CCNC(Cc1cnccc1N)C(OCC)C1CC1. The van der Waals surface area contributed by atoms with Crippen LogP contribution in [0.15, 0.2) is 18.5 Å². The summed E-state index contributed by atoms with van der Waals surface area (Å²) in [6.07, 6.45) is 7.36. The molecule has 4 nitrogen and oxygen atoms in total. The summed E-state index contributed by atoms with van der Waals surface area (Å²) in [5.74, 6) is 0.710. The van der Waals surface area contributed by atoms with Crippen LogP contribution in [0.1, 0.15) is 32.3 Å². The van der Waals surface area contributed by atoms with Crippen LogP contribution in [0.5, 0.6) is 0 Å². The highest BCUT2D eigenvalue weighted by molar-refractivity contribution is 5.44. The summed E-state index contributed by atoms with van der Waals surface area (Å²) < 4.78 is 5.97. The van der Waals surface area contributed by atoms with Gasteiger partial charge in [0.25, 0.3) is 0 Å². The average molecular weight is 263 g/mol. The van der Waals surface area contributed by atoms with Crippen LogP contribution >= 0.6 is 0 Å². The predicted molar refractivity (Wildman–Crippen MR) is 78.0 cm³/mol. The second-order valence-electron chi connectivity index (χ2n) is 5.20. The van der Waals surface area contributed by atoms with E-state index in [1.807, 2.05) is 12.3 Å². The van der Waals surface area contributed by atoms with Gasteiger partial charge in [0.05, 0.1) is 6.10 Å². The van der Waals surface area contributed by atoms with Crippen LogP contribution < -0.4 is 11.1 Å². The number of hydrogen-bond acceptors (Lipinski definition) is 4. The van der Waals surface area contributed by atoms with E-state index in [1.54, 1.807) is 6.20 Å². The number of likely N-dealkylation sites (N-methyl/N-ethyl adjacent to an activating group) is 1. The molecule has 1 heterocycles. The van der Waals surface area contributed by atoms with Gasteiger partial charge in [-0.3, -0.25) is 4.98 Å². The Balaban J connectivity index is 2.08. The molecule has 0 spiro atoms. The first kappa shape index (κ1) is 14.3. The number of pyridine rings is 1. The van der Waals surface area contributed by atoms with Crippen LogP contribution in [-0.2, 0) is 11.2 Å². The molecule has 0 bridgehead atoms. The number of nitrogens with two attached hydrogens (primary N) is 1. The number of nitrogens with one attached hydrogen (secondary N) is 1. The topological polar surface area (TPSA) is 60.2 Å². The Morgan fingerprint density at radius 3 is 2.84 bits per heavy atom. The lowest BCUT2D eigenvalue weighted by Crippen LogP contribution is -2.44. The number of rotatable bonds is 8. The van der Waals surface area contributed by atoms with E-state index < -0.39 is 0 Å². The Kier molecular flexibility index (Phi) is 5.16. The van der Waals surface area contributed by atoms with Gasteiger partial charge >= 0.3 is 0 Å². The van der Waals surface area contributed by atoms with Crippen LogP contribution in [0.2, 0.25) is 0 Å². The van der Waals surface area contributed by atoms with Crippen molar-refractivity contribution < 1.29 is 4.74 Å². The van der Waals surface area contributed by atoms with Crippen molar-refractivity contribution in [3.05, 3.63) is 24.0 Å². The molecule has 1 fully saturated rings. The highest BCUT2D eigenvalue weighted by atomic mass is 16.5. The lowest BCUT2D eigenvalue weighted by atomic mass is 9.98. The van der Waals surface area contributed by atoms with Crippen LogP contribution in [0, 0.1) is 5.92 Å². The Bertz CT molecular complexity index is 393. The minimum absolute atomic E-state index is 0.296. The van der Waals surface area contributed by atoms with Gasteiger partial charge in [0.1, 0.15) is 0 Å². The highest BCUT2D eigenvalue weighted by Crippen LogP contribution is 2.36. The smallest absolute Gasteiger partial charge is 0.0759 e. The average Bonchev–Trinajstić information content (AvgIpc) is 3.22. The molecule has 2 unspecified atom stereocenters. The number of nitrogens with zero attached hydrogens (tertiary/aromatic N) is 1. The lowest BCUT2D eigenvalue weighted by Gasteiger charge is -2.28. The third kappa shape index (κ3) is 3.91. The van der Waals surface area contributed by atoms with Crippen molar-refractivity contribution >= 4 is 5.69 Å². The minimum atomic E-state index is 0.296. The quantitative estimate of drug-likeness (QED) is 0.753. The fourth-order valence-electron chi connectivity index (χ4n) is 2.61. The molecule has 1 aromatic heterocycles. The first-order valence-electron chi connectivity index (χ1n) is 7.29. The van der Waals surface area contributed by atoms with Crippen molar-refractivity contribution in [2.75, 3.05) is 18.9 Å². The molecule has 0 amide bonds. The Morgan fingerprint density at radius 2 is 2.26 bits per heavy atom. The second-order valence-corrected chi connectivity index (χ2v) is 5.20. The van der Waals surface area contributed by atoms with Gasteiger partial charge in [-0.2, -0.15) is 0 Å². The Morgan fingerprint density at radius 1 is 1.47 bits per heavy atom. The van der Waals surface area contributed by atoms with Crippen molar-refractivity contribution in [3.8, 4) is 0 Å². The molecule has 2 atom stereocenters. The van der Waals surface area contributed by atoms with E-state index in [9.17, 15) is 0 Å². The molecule has 0 aliphatic heterocycles. The molecular weight excluding hydrogens is 238 g/mol. The number of ether oxygens (including phenoxy) is 1. The normalized spacial score (nSPS) is 18.2. The van der Waals surface area contributed by atoms with Crippen LogP contribution in [-0.4, -0.2) is 30.3 Å². The second kappa shape index (κ2) is 6.87. The number of nitrogen functional groups attached to an aromatic ring is 1. The van der Waals surface area contributed by atoms with Gasteiger partial charge < -0.3 is 15.8 Å². The largest absolute Gasteiger partial charge is 0.398 e. The fraction of sp³-hybridized carbons (Fsp3) is 0.667. The summed E-state index contributed by atoms with van der Waals surface area (Å²) in [6.45, 7) is 5.92. The molecule has 0 saturated heterocycles. The van der Waals surface area contributed by atoms with Crippen molar-refractivity contribution in [1.82, 2.24) is 10.3 Å². The van der Waals surface area contributed by atoms with Crippen LogP contribution in [0.25, 0.3) is 0 Å². The summed E-state index contributed by atoms with van der Waals surface area (Å²) in [7, 11) is 0. The summed E-state index contributed by atoms with van der Waals surface area (Å²) in [5.41, 5.74) is 7.96. The maximum Gasteiger partial charge on any atom is 0.0759 e. The van der Waals surface area contributed by atoms with E-state index in [1.165, 1.54) is 12.8 Å². The Hall–Kier alpha value is -1.13. The summed E-state index contributed by atoms with van der Waals surface area (Å²) in [5, 5.41) is 3.56. The number of hydrogen-bond donors (Lipinski definition) is 2. The molecule has 19 heavy (non-hydrogen) atoms. The lowest BCUT2D eigenvalue weighted by molar-refractivity contribution is 0.0196. The predicted octanol–water partition coefficient (Wildman–Crippen LogP) is 2.00. The van der Waals surface area contributed by atoms with E-state index in [4.69, 9.17) is 10.5 Å². The summed E-state index contributed by atoms with van der Waals surface area (Å²) in [4.78, 5) is 4.18. The molecule has 2 rings (SSSR count). The standard InChI is InChI=1S/C15H25N3O/c1-3-18-14(15(19-4-2)11-5-6-11)9-12-10-17-8-7-13(12)16/h7-8,10-11,14-15,18H,3-6,9H2,1-2H3,(H2,16,17). The monoisotopic (exact) mass is 263 g/mol. The zero-order valence-corrected chi connectivity index (χ0v) is 11.9. The van der Waals surface area contributed by atoms with Gasteiger partial charge in [0, 0.05) is 30.7 Å². The third-order valence-electron chi connectivity index (χ3n) is 3.69. The number of anilines is 1. The molecule has 0 radical (unpaired) electrons. The van der Waals surface area contributed by atoms with Crippen molar-refractivity contribution in [2.24, 2.45) is 5.92 Å². The highest BCUT2D eigenvalue weighted by Gasteiger charge is 2.37. The molecule has 1 saturated carbocycles. The first-order valence-corrected chi connectivity index (χ1v) is 7.29. The van der Waals surface area contributed by atoms with Gasteiger partial charge in [-0.25, -0.2) is 0 Å². The van der Waals surface area contributed by atoms with E-state index in [0.29, 0.717) is 18.1 Å². The van der Waals surface area contributed by atoms with Crippen molar-refractivity contribution in [3.63, 3.8) is 0 Å². The van der Waals surface area contributed by atoms with Crippen LogP contribution in [0.3, 0.4) is 0 Å². The molecule has 4 heteroatoms. The number of aromatic nitrogens is 1. The van der Waals surface area contributed by atoms with Crippen LogP contribution in [0.4, 0.5) is 5.69 Å². The van der Waals surface area contributed by atoms with Gasteiger partial charge in [-0.1, -0.05) is 6.92 Å². The molecule has 3 N–H and O–H groups in total. The summed E-state index contributed by atoms with van der Waals surface area (Å²) in [6, 6.07) is 2.19. The zero-order valence-electron chi connectivity index (χ0n) is 11.9. The maximum absolute atomic E-state index is 6.02. The van der Waals surface area contributed by atoms with Gasteiger partial charge in [-0.15, -0.1) is 0 Å². The molecule has 106 valence electrons. The van der Waals surface area contributed by atoms with Gasteiger partial charge in [-0.05, 0) is 50.3 Å². The molecule has 0 aromatic carbocycles. The zero-order chi connectivity index (χ0) is 13.7. The Labute approximate surface area is 115 Å². The van der Waals surface area contributed by atoms with E-state index in [-0.39, 0.29) is 0 Å². The van der Waals surface area contributed by atoms with E-state index in [0.717, 1.165) is 30.8 Å². The third-order valence-corrected chi connectivity index (χ3v) is 3.69. The van der Waals surface area contributed by atoms with E-state index >= 15 is 0 Å². The van der Waals surface area contributed by atoms with Crippen molar-refractivity contribution in [1.29, 1.82) is 0 Å². The summed E-state index contributed by atoms with van der Waals surface area (Å²) >= 11 is 0. The van der Waals surface area contributed by atoms with E-state index in [2.05, 4.69) is 24.1 Å². The van der Waals surface area contributed by atoms with Gasteiger partial charge in [0.2, 0.25) is 0 Å². The van der Waals surface area contributed by atoms with Gasteiger partial charge in [0.15, 0.2) is 0 Å². The fourth-order valence-corrected chi connectivity index (χ4v) is 2.61. The molecule has 1 aliphatic rings. The maximum atomic E-state index is 6.02.